The molecule has 2 unspecified atom stereocenters. The van der Waals surface area contributed by atoms with Crippen LogP contribution in [0.2, 0.25) is 0 Å². The Bertz CT molecular complexity index is 341. The van der Waals surface area contributed by atoms with E-state index >= 15 is 0 Å². The summed E-state index contributed by atoms with van der Waals surface area (Å²) in [5.41, 5.74) is 4.46. The van der Waals surface area contributed by atoms with E-state index in [0.29, 0.717) is 26.0 Å². The number of carbonyl (C=O) groups excluding carboxylic acids is 1. The minimum absolute atomic E-state index is 0.0103. The molecule has 0 aromatic carbocycles. The van der Waals surface area contributed by atoms with E-state index in [1.165, 1.54) is 0 Å². The van der Waals surface area contributed by atoms with Crippen LogP contribution in [0.3, 0.4) is 0 Å². The first-order valence-corrected chi connectivity index (χ1v) is 6.43. The first-order chi connectivity index (χ1) is 8.51. The topological polar surface area (TPSA) is 92.9 Å². The van der Waals surface area contributed by atoms with Gasteiger partial charge in [0.15, 0.2) is 0 Å². The Hall–Kier alpha value is -1.14. The second-order valence-electron chi connectivity index (χ2n) is 5.22. The highest BCUT2D eigenvalue weighted by Crippen LogP contribution is 2.22. The van der Waals surface area contributed by atoms with Crippen LogP contribution in [0.4, 0.5) is 0 Å². The Balaban J connectivity index is 1.85. The Morgan fingerprint density at radius 2 is 2.22 bits per heavy atom. The molecule has 2 aliphatic rings. The number of nitrogens with two attached hydrogens (primary N) is 1. The van der Waals surface area contributed by atoms with Crippen molar-refractivity contribution in [2.75, 3.05) is 19.7 Å². The van der Waals surface area contributed by atoms with E-state index in [2.05, 4.69) is 0 Å². The molecule has 2 atom stereocenters. The highest BCUT2D eigenvalue weighted by atomic mass is 16.5. The van der Waals surface area contributed by atoms with Gasteiger partial charge in [-0.25, -0.2) is 0 Å². The van der Waals surface area contributed by atoms with E-state index in [-0.39, 0.29) is 18.6 Å². The Labute approximate surface area is 106 Å². The van der Waals surface area contributed by atoms with Gasteiger partial charge in [-0.1, -0.05) is 0 Å². The molecule has 6 heteroatoms. The summed E-state index contributed by atoms with van der Waals surface area (Å²) in [6.45, 7) is 1.25. The monoisotopic (exact) mass is 256 g/mol. The van der Waals surface area contributed by atoms with Gasteiger partial charge in [0.05, 0.1) is 12.5 Å². The molecule has 0 radical (unpaired) electrons. The van der Waals surface area contributed by atoms with Crippen molar-refractivity contribution < 1.29 is 19.4 Å². The second-order valence-corrected chi connectivity index (χ2v) is 5.22. The smallest absolute Gasteiger partial charge is 0.325 e. The van der Waals surface area contributed by atoms with Crippen molar-refractivity contribution in [2.24, 2.45) is 5.73 Å². The number of ether oxygens (including phenoxy) is 1. The molecule has 0 aromatic rings. The molecular formula is C12H20N2O4. The van der Waals surface area contributed by atoms with Gasteiger partial charge < -0.3 is 20.5 Å². The lowest BCUT2D eigenvalue weighted by atomic mass is 10.0. The van der Waals surface area contributed by atoms with Gasteiger partial charge in [-0.15, -0.1) is 0 Å². The molecular weight excluding hydrogens is 236 g/mol. The normalized spacial score (nSPS) is 32.5. The summed E-state index contributed by atoms with van der Waals surface area (Å²) in [6, 6.07) is 0. The van der Waals surface area contributed by atoms with Crippen LogP contribution in [0, 0.1) is 0 Å². The molecule has 1 amide bonds. The van der Waals surface area contributed by atoms with Crippen LogP contribution >= 0.6 is 0 Å². The maximum absolute atomic E-state index is 12.0. The summed E-state index contributed by atoms with van der Waals surface area (Å²) in [5, 5.41) is 9.01. The number of nitrogens with zero attached hydrogens (tertiary/aromatic N) is 1. The highest BCUT2D eigenvalue weighted by Gasteiger charge is 2.43. The zero-order chi connectivity index (χ0) is 13.2. The predicted octanol–water partition coefficient (Wildman–Crippen LogP) is -0.0400. The molecule has 0 aromatic heterocycles. The van der Waals surface area contributed by atoms with Gasteiger partial charge in [-0.2, -0.15) is 0 Å². The van der Waals surface area contributed by atoms with E-state index in [0.717, 1.165) is 19.3 Å². The van der Waals surface area contributed by atoms with Crippen molar-refractivity contribution in [3.05, 3.63) is 0 Å². The summed E-state index contributed by atoms with van der Waals surface area (Å²) in [7, 11) is 0. The molecule has 0 spiro atoms. The molecule has 3 N–H and O–H groups in total. The van der Waals surface area contributed by atoms with Crippen LogP contribution < -0.4 is 5.73 Å². The molecule has 2 rings (SSSR count). The van der Waals surface area contributed by atoms with Crippen LogP contribution in [0.25, 0.3) is 0 Å². The van der Waals surface area contributed by atoms with E-state index in [4.69, 9.17) is 15.6 Å². The first kappa shape index (κ1) is 13.3. The fourth-order valence-electron chi connectivity index (χ4n) is 2.51. The summed E-state index contributed by atoms with van der Waals surface area (Å²) in [6.07, 6.45) is 3.71. The van der Waals surface area contributed by atoms with Gasteiger partial charge >= 0.3 is 5.97 Å². The van der Waals surface area contributed by atoms with E-state index in [1.807, 2.05) is 0 Å². The van der Waals surface area contributed by atoms with Crippen molar-refractivity contribution in [1.29, 1.82) is 0 Å². The lowest BCUT2D eigenvalue weighted by molar-refractivity contribution is -0.143. The summed E-state index contributed by atoms with van der Waals surface area (Å²) in [4.78, 5) is 24.6. The highest BCUT2D eigenvalue weighted by molar-refractivity contribution is 5.83. The molecule has 102 valence electrons. The lowest BCUT2D eigenvalue weighted by Gasteiger charge is -2.25. The molecule has 2 aliphatic heterocycles. The molecule has 2 heterocycles. The Morgan fingerprint density at radius 3 is 2.78 bits per heavy atom. The van der Waals surface area contributed by atoms with Crippen LogP contribution in [0.5, 0.6) is 0 Å². The SMILES string of the molecule is NC1(C(=O)O)CCN(C(=O)CC2CCCCO2)C1. The third-order valence-electron chi connectivity index (χ3n) is 3.76. The van der Waals surface area contributed by atoms with Crippen LogP contribution in [-0.4, -0.2) is 53.2 Å². The average molecular weight is 256 g/mol. The summed E-state index contributed by atoms with van der Waals surface area (Å²) >= 11 is 0. The quantitative estimate of drug-likeness (QED) is 0.739. The van der Waals surface area contributed by atoms with Gasteiger partial charge in [-0.05, 0) is 25.7 Å². The standard InChI is InChI=1S/C12H20N2O4/c13-12(11(16)17)4-5-14(8-12)10(15)7-9-3-1-2-6-18-9/h9H,1-8,13H2,(H,16,17). The zero-order valence-electron chi connectivity index (χ0n) is 10.4. The third-order valence-corrected chi connectivity index (χ3v) is 3.76. The minimum atomic E-state index is -1.27. The number of hydrogen-bond donors (Lipinski definition) is 2. The van der Waals surface area contributed by atoms with Crippen LogP contribution in [0.1, 0.15) is 32.1 Å². The van der Waals surface area contributed by atoms with Crippen molar-refractivity contribution in [1.82, 2.24) is 4.90 Å². The fourth-order valence-corrected chi connectivity index (χ4v) is 2.51. The molecule has 6 nitrogen and oxygen atoms in total. The number of hydrogen-bond acceptors (Lipinski definition) is 4. The number of carbonyl (C=O) groups is 2. The average Bonchev–Trinajstić information content (AvgIpc) is 2.75. The zero-order valence-corrected chi connectivity index (χ0v) is 10.4. The summed E-state index contributed by atoms with van der Waals surface area (Å²) in [5.74, 6) is -1.08. The molecule has 2 saturated heterocycles. The van der Waals surface area contributed by atoms with Crippen LogP contribution in [0.15, 0.2) is 0 Å². The number of amides is 1. The van der Waals surface area contributed by atoms with Crippen molar-refractivity contribution in [3.8, 4) is 0 Å². The Kier molecular flexibility index (Phi) is 3.87. The number of aliphatic carboxylic acids is 1. The van der Waals surface area contributed by atoms with Gasteiger partial charge in [0, 0.05) is 19.7 Å². The lowest BCUT2D eigenvalue weighted by Crippen LogP contribution is -2.50. The van der Waals surface area contributed by atoms with Crippen molar-refractivity contribution >= 4 is 11.9 Å². The largest absolute Gasteiger partial charge is 0.480 e. The van der Waals surface area contributed by atoms with Crippen molar-refractivity contribution in [3.63, 3.8) is 0 Å². The molecule has 18 heavy (non-hydrogen) atoms. The Morgan fingerprint density at radius 1 is 1.44 bits per heavy atom. The number of likely N-dealkylation sites (tertiary alicyclic amines) is 1. The molecule has 0 saturated carbocycles. The minimum Gasteiger partial charge on any atom is -0.480 e. The van der Waals surface area contributed by atoms with Crippen LogP contribution in [-0.2, 0) is 14.3 Å². The second kappa shape index (κ2) is 5.24. The summed E-state index contributed by atoms with van der Waals surface area (Å²) < 4.78 is 5.51. The van der Waals surface area contributed by atoms with Gasteiger partial charge in [-0.3, -0.25) is 9.59 Å². The first-order valence-electron chi connectivity index (χ1n) is 6.43. The maximum atomic E-state index is 12.0. The van der Waals surface area contributed by atoms with Crippen molar-refractivity contribution in [2.45, 2.75) is 43.7 Å². The van der Waals surface area contributed by atoms with E-state index in [1.54, 1.807) is 4.90 Å². The van der Waals surface area contributed by atoms with Gasteiger partial charge in [0.2, 0.25) is 5.91 Å². The van der Waals surface area contributed by atoms with E-state index in [9.17, 15) is 9.59 Å². The number of carboxylic acid groups (broad SMARTS) is 1. The maximum Gasteiger partial charge on any atom is 0.325 e. The van der Waals surface area contributed by atoms with E-state index < -0.39 is 11.5 Å². The fraction of sp³-hybridized carbons (Fsp3) is 0.833. The van der Waals surface area contributed by atoms with Gasteiger partial charge in [0.1, 0.15) is 5.54 Å². The number of rotatable bonds is 3. The predicted molar refractivity (Wildman–Crippen MR) is 64.0 cm³/mol. The molecule has 0 bridgehead atoms. The number of carboxylic acids is 1. The third kappa shape index (κ3) is 2.81. The molecule has 2 fully saturated rings. The molecule has 0 aliphatic carbocycles. The van der Waals surface area contributed by atoms with Gasteiger partial charge in [0.25, 0.3) is 0 Å².